The molecule has 1 unspecified atom stereocenters. The van der Waals surface area contributed by atoms with Gasteiger partial charge < -0.3 is 19.5 Å². The molecular formula is C17H20N6O6. The summed E-state index contributed by atoms with van der Waals surface area (Å²) in [6.07, 6.45) is -0.531. The van der Waals surface area contributed by atoms with Gasteiger partial charge in [-0.15, -0.1) is 10.2 Å². The molecule has 29 heavy (non-hydrogen) atoms. The molecule has 0 saturated carbocycles. The van der Waals surface area contributed by atoms with Crippen LogP contribution in [0, 0.1) is 0 Å². The molecule has 1 aromatic heterocycles. The molecule has 1 aromatic carbocycles. The highest BCUT2D eigenvalue weighted by molar-refractivity contribution is 5.83. The molecule has 0 fully saturated rings. The molecule has 1 amide bonds. The summed E-state index contributed by atoms with van der Waals surface area (Å²) < 4.78 is 16.4. The molecule has 0 saturated heterocycles. The minimum atomic E-state index is -0.794. The number of ether oxygens (including phenoxy) is 3. The Kier molecular flexibility index (Phi) is 5.81. The Bertz CT molecular complexity index is 1050. The van der Waals surface area contributed by atoms with E-state index in [1.807, 2.05) is 0 Å². The molecule has 1 atom stereocenters. The van der Waals surface area contributed by atoms with Crippen molar-refractivity contribution in [3.05, 3.63) is 44.6 Å². The van der Waals surface area contributed by atoms with E-state index in [0.29, 0.717) is 17.1 Å². The van der Waals surface area contributed by atoms with Gasteiger partial charge in [0.25, 0.3) is 5.56 Å². The average molecular weight is 404 g/mol. The van der Waals surface area contributed by atoms with Gasteiger partial charge in [-0.1, -0.05) is 0 Å². The zero-order valence-corrected chi connectivity index (χ0v) is 16.0. The molecule has 12 heteroatoms. The summed E-state index contributed by atoms with van der Waals surface area (Å²) in [5.41, 5.74) is -0.736. The molecule has 0 spiro atoms. The highest BCUT2D eigenvalue weighted by Gasteiger charge is 2.34. The number of nitrogens with one attached hydrogen (secondary N) is 3. The maximum absolute atomic E-state index is 12.0. The lowest BCUT2D eigenvalue weighted by Crippen LogP contribution is -2.27. The molecule has 2 aromatic rings. The second kappa shape index (κ2) is 8.46. The third-order valence-electron chi connectivity index (χ3n) is 4.06. The standard InChI is InChI=1S/C17H20N6O6/c1-9(24)23-16(11-5-4-10(27-2)8-12(11)28-3)29-13(22-23)6-7-18-14-15(25)19-17(26)21-20-14/h4-5,8,16H,6-7H2,1-3H3,(H,18,20)(H2,19,21,25,26). The van der Waals surface area contributed by atoms with Crippen LogP contribution in [0.2, 0.25) is 0 Å². The van der Waals surface area contributed by atoms with Crippen molar-refractivity contribution in [1.82, 2.24) is 20.2 Å². The molecule has 0 radical (unpaired) electrons. The van der Waals surface area contributed by atoms with Gasteiger partial charge in [-0.3, -0.25) is 14.6 Å². The second-order valence-corrected chi connectivity index (χ2v) is 5.97. The largest absolute Gasteiger partial charge is 0.497 e. The van der Waals surface area contributed by atoms with E-state index in [1.54, 1.807) is 25.3 Å². The van der Waals surface area contributed by atoms with Gasteiger partial charge in [0, 0.05) is 26.0 Å². The highest BCUT2D eigenvalue weighted by Crippen LogP contribution is 2.36. The summed E-state index contributed by atoms with van der Waals surface area (Å²) in [6, 6.07) is 5.15. The first kappa shape index (κ1) is 19.9. The molecular weight excluding hydrogens is 384 g/mol. The number of nitrogens with zero attached hydrogens (tertiary/aromatic N) is 3. The summed E-state index contributed by atoms with van der Waals surface area (Å²) in [7, 11) is 3.05. The molecule has 12 nitrogen and oxygen atoms in total. The van der Waals surface area contributed by atoms with Gasteiger partial charge in [-0.25, -0.2) is 9.89 Å². The third-order valence-corrected chi connectivity index (χ3v) is 4.06. The van der Waals surface area contributed by atoms with Crippen molar-refractivity contribution >= 4 is 17.6 Å². The predicted molar refractivity (Wildman–Crippen MR) is 102 cm³/mol. The van der Waals surface area contributed by atoms with E-state index in [9.17, 15) is 14.4 Å². The summed E-state index contributed by atoms with van der Waals surface area (Å²) >= 11 is 0. The van der Waals surface area contributed by atoms with E-state index < -0.39 is 17.5 Å². The van der Waals surface area contributed by atoms with Crippen LogP contribution in [0.15, 0.2) is 32.9 Å². The van der Waals surface area contributed by atoms with Gasteiger partial charge in [0.15, 0.2) is 0 Å². The van der Waals surface area contributed by atoms with Gasteiger partial charge in [0.05, 0.1) is 19.8 Å². The zero-order chi connectivity index (χ0) is 21.0. The topological polar surface area (TPSA) is 151 Å². The first-order valence-corrected chi connectivity index (χ1v) is 8.61. The number of H-pyrrole nitrogens is 2. The molecule has 154 valence electrons. The number of benzene rings is 1. The number of hydrogen-bond donors (Lipinski definition) is 3. The highest BCUT2D eigenvalue weighted by atomic mass is 16.5. The van der Waals surface area contributed by atoms with Gasteiger partial charge in [-0.2, -0.15) is 5.01 Å². The predicted octanol–water partition coefficient (Wildman–Crippen LogP) is 0.168. The number of amides is 1. The van der Waals surface area contributed by atoms with Crippen molar-refractivity contribution < 1.29 is 19.0 Å². The SMILES string of the molecule is COc1ccc(C2OC(CCNc3n[nH]c(=O)[nH]c3=O)=NN2C(C)=O)c(OC)c1. The van der Waals surface area contributed by atoms with Crippen molar-refractivity contribution in [3.63, 3.8) is 0 Å². The van der Waals surface area contributed by atoms with Crippen LogP contribution in [0.3, 0.4) is 0 Å². The lowest BCUT2D eigenvalue weighted by Gasteiger charge is -2.21. The smallest absolute Gasteiger partial charge is 0.342 e. The fourth-order valence-corrected chi connectivity index (χ4v) is 2.69. The number of carbonyl (C=O) groups is 1. The van der Waals surface area contributed by atoms with E-state index in [1.165, 1.54) is 19.0 Å². The Morgan fingerprint density at radius 1 is 1.31 bits per heavy atom. The molecule has 1 aliphatic rings. The maximum atomic E-state index is 12.0. The van der Waals surface area contributed by atoms with Gasteiger partial charge in [0.2, 0.25) is 23.9 Å². The van der Waals surface area contributed by atoms with Crippen molar-refractivity contribution in [3.8, 4) is 11.5 Å². The first-order valence-electron chi connectivity index (χ1n) is 8.61. The van der Waals surface area contributed by atoms with E-state index in [4.69, 9.17) is 14.2 Å². The molecule has 0 bridgehead atoms. The lowest BCUT2D eigenvalue weighted by atomic mass is 10.1. The Morgan fingerprint density at radius 3 is 2.76 bits per heavy atom. The summed E-state index contributed by atoms with van der Waals surface area (Å²) in [6.45, 7) is 1.61. The average Bonchev–Trinajstić information content (AvgIpc) is 3.13. The second-order valence-electron chi connectivity index (χ2n) is 5.97. The number of hydrogen-bond acceptors (Lipinski definition) is 9. The van der Waals surface area contributed by atoms with Crippen molar-refractivity contribution in [2.24, 2.45) is 5.10 Å². The third kappa shape index (κ3) is 4.36. The van der Waals surface area contributed by atoms with Crippen LogP contribution in [-0.2, 0) is 9.53 Å². The lowest BCUT2D eigenvalue weighted by molar-refractivity contribution is -0.135. The van der Waals surface area contributed by atoms with Crippen LogP contribution in [0.1, 0.15) is 25.1 Å². The summed E-state index contributed by atoms with van der Waals surface area (Å²) in [5, 5.41) is 14.0. The first-order chi connectivity index (χ1) is 13.9. The molecule has 3 N–H and O–H groups in total. The fraction of sp³-hybridized carbons (Fsp3) is 0.353. The number of aromatic amines is 2. The Hall–Kier alpha value is -3.83. The summed E-state index contributed by atoms with van der Waals surface area (Å²) in [4.78, 5) is 36.7. The van der Waals surface area contributed by atoms with Crippen molar-refractivity contribution in [1.29, 1.82) is 0 Å². The van der Waals surface area contributed by atoms with Gasteiger partial charge in [0.1, 0.15) is 11.5 Å². The molecule has 3 rings (SSSR count). The Labute approximate surface area is 164 Å². The number of anilines is 1. The van der Waals surface area contributed by atoms with Crippen LogP contribution >= 0.6 is 0 Å². The Morgan fingerprint density at radius 2 is 2.10 bits per heavy atom. The van der Waals surface area contributed by atoms with Gasteiger partial charge in [-0.05, 0) is 12.1 Å². The normalized spacial score (nSPS) is 15.5. The molecule has 2 heterocycles. The number of carbonyl (C=O) groups excluding carboxylic acids is 1. The fourth-order valence-electron chi connectivity index (χ4n) is 2.69. The van der Waals surface area contributed by atoms with Crippen LogP contribution in [0.5, 0.6) is 11.5 Å². The van der Waals surface area contributed by atoms with Crippen LogP contribution in [-0.4, -0.2) is 52.8 Å². The number of methoxy groups -OCH3 is 2. The van der Waals surface area contributed by atoms with Crippen LogP contribution in [0.4, 0.5) is 5.82 Å². The van der Waals surface area contributed by atoms with Crippen LogP contribution < -0.4 is 26.0 Å². The zero-order valence-electron chi connectivity index (χ0n) is 16.0. The van der Waals surface area contributed by atoms with E-state index in [-0.39, 0.29) is 30.6 Å². The van der Waals surface area contributed by atoms with E-state index in [2.05, 4.69) is 25.6 Å². The monoisotopic (exact) mass is 404 g/mol. The quantitative estimate of drug-likeness (QED) is 0.591. The number of hydrazone groups is 1. The number of aromatic nitrogens is 3. The van der Waals surface area contributed by atoms with E-state index >= 15 is 0 Å². The van der Waals surface area contributed by atoms with E-state index in [0.717, 1.165) is 0 Å². The van der Waals surface area contributed by atoms with Crippen molar-refractivity contribution in [2.45, 2.75) is 19.6 Å². The van der Waals surface area contributed by atoms with Crippen LogP contribution in [0.25, 0.3) is 0 Å². The number of rotatable bonds is 7. The Balaban J connectivity index is 1.72. The minimum absolute atomic E-state index is 0.0417. The molecule has 1 aliphatic heterocycles. The summed E-state index contributed by atoms with van der Waals surface area (Å²) in [5.74, 6) is 1.02. The van der Waals surface area contributed by atoms with Crippen molar-refractivity contribution in [2.75, 3.05) is 26.1 Å². The van der Waals surface area contributed by atoms with Gasteiger partial charge >= 0.3 is 5.69 Å². The minimum Gasteiger partial charge on any atom is -0.497 e. The maximum Gasteiger partial charge on any atom is 0.342 e. The molecule has 0 aliphatic carbocycles.